The van der Waals surface area contributed by atoms with E-state index in [1.807, 2.05) is 6.07 Å². The summed E-state index contributed by atoms with van der Waals surface area (Å²) in [5.74, 6) is 1.32. The van der Waals surface area contributed by atoms with E-state index in [0.717, 1.165) is 6.42 Å². The Bertz CT molecular complexity index is 854. The van der Waals surface area contributed by atoms with Crippen LogP contribution >= 0.6 is 0 Å². The Morgan fingerprint density at radius 3 is 2.75 bits per heavy atom. The molecule has 0 unspecified atom stereocenters. The molecule has 0 spiro atoms. The average molecular weight is 323 g/mol. The summed E-state index contributed by atoms with van der Waals surface area (Å²) < 4.78 is 18.1. The van der Waals surface area contributed by atoms with Crippen molar-refractivity contribution < 1.29 is 8.91 Å². The van der Waals surface area contributed by atoms with Gasteiger partial charge in [0.2, 0.25) is 11.7 Å². The first-order chi connectivity index (χ1) is 11.7. The second-order valence-electron chi connectivity index (χ2n) is 5.07. The summed E-state index contributed by atoms with van der Waals surface area (Å²) in [5.41, 5.74) is 1.09. The van der Waals surface area contributed by atoms with Crippen LogP contribution < -0.4 is 5.32 Å². The number of nitrogens with zero attached hydrogens (tertiary/aromatic N) is 4. The highest BCUT2D eigenvalue weighted by atomic mass is 19.1. The molecule has 2 heterocycles. The number of aromatic nitrogens is 3. The van der Waals surface area contributed by atoms with Gasteiger partial charge in [-0.3, -0.25) is 0 Å². The summed E-state index contributed by atoms with van der Waals surface area (Å²) in [6.07, 6.45) is 1.38. The van der Waals surface area contributed by atoms with Gasteiger partial charge in [0.05, 0.1) is 0 Å². The minimum atomic E-state index is -0.303. The zero-order valence-corrected chi connectivity index (χ0v) is 12.7. The van der Waals surface area contributed by atoms with Crippen molar-refractivity contribution in [1.82, 2.24) is 15.1 Å². The molecule has 0 aliphatic carbocycles. The molecule has 0 aliphatic rings. The summed E-state index contributed by atoms with van der Waals surface area (Å²) in [6, 6.07) is 13.2. The minimum Gasteiger partial charge on any atom is -0.370 e. The van der Waals surface area contributed by atoms with E-state index in [-0.39, 0.29) is 5.82 Å². The second-order valence-corrected chi connectivity index (χ2v) is 5.07. The van der Waals surface area contributed by atoms with Crippen LogP contribution in [0.25, 0.3) is 11.4 Å². The Hall–Kier alpha value is -3.27. The quantitative estimate of drug-likeness (QED) is 0.701. The van der Waals surface area contributed by atoms with Crippen molar-refractivity contribution in [2.75, 3.05) is 11.9 Å². The van der Waals surface area contributed by atoms with Crippen molar-refractivity contribution in [3.05, 3.63) is 59.9 Å². The molecule has 0 bridgehead atoms. The van der Waals surface area contributed by atoms with Gasteiger partial charge in [0.1, 0.15) is 23.4 Å². The predicted octanol–water partition coefficient (Wildman–Crippen LogP) is 3.19. The van der Waals surface area contributed by atoms with Crippen molar-refractivity contribution in [2.45, 2.75) is 12.8 Å². The zero-order chi connectivity index (χ0) is 16.8. The largest absolute Gasteiger partial charge is 0.370 e. The first kappa shape index (κ1) is 15.6. The van der Waals surface area contributed by atoms with Crippen molar-refractivity contribution >= 4 is 5.82 Å². The number of anilines is 1. The molecule has 120 valence electrons. The van der Waals surface area contributed by atoms with E-state index >= 15 is 0 Å². The van der Waals surface area contributed by atoms with Crippen LogP contribution in [-0.2, 0) is 6.42 Å². The van der Waals surface area contributed by atoms with Crippen molar-refractivity contribution in [2.24, 2.45) is 0 Å². The lowest BCUT2D eigenvalue weighted by atomic mass is 10.2. The molecular weight excluding hydrogens is 309 g/mol. The Labute approximate surface area is 138 Å². The molecule has 0 atom stereocenters. The van der Waals surface area contributed by atoms with Crippen LogP contribution in [-0.4, -0.2) is 21.7 Å². The fourth-order valence-corrected chi connectivity index (χ4v) is 2.12. The van der Waals surface area contributed by atoms with Gasteiger partial charge in [-0.05, 0) is 42.8 Å². The molecular formula is C17H14FN5O. The molecule has 1 aromatic carbocycles. The maximum absolute atomic E-state index is 12.9. The molecule has 7 heteroatoms. The summed E-state index contributed by atoms with van der Waals surface area (Å²) in [4.78, 5) is 8.43. The molecule has 3 aromatic rings. The number of aryl methyl sites for hydroxylation is 1. The van der Waals surface area contributed by atoms with Crippen LogP contribution in [0.4, 0.5) is 10.2 Å². The van der Waals surface area contributed by atoms with Crippen LogP contribution in [0, 0.1) is 17.1 Å². The smallest absolute Gasteiger partial charge is 0.227 e. The van der Waals surface area contributed by atoms with Crippen LogP contribution in [0.3, 0.4) is 0 Å². The average Bonchev–Trinajstić information content (AvgIpc) is 3.08. The maximum atomic E-state index is 12.9. The third-order valence-corrected chi connectivity index (χ3v) is 3.31. The number of nitrogens with one attached hydrogen (secondary N) is 1. The molecule has 0 saturated heterocycles. The van der Waals surface area contributed by atoms with Crippen molar-refractivity contribution in [1.29, 1.82) is 5.26 Å². The third-order valence-electron chi connectivity index (χ3n) is 3.31. The molecule has 0 radical (unpaired) electrons. The number of pyridine rings is 1. The number of nitriles is 1. The van der Waals surface area contributed by atoms with Gasteiger partial charge >= 0.3 is 0 Å². The van der Waals surface area contributed by atoms with E-state index in [1.54, 1.807) is 30.3 Å². The third kappa shape index (κ3) is 3.93. The fraction of sp³-hybridized carbons (Fsp3) is 0.176. The highest BCUT2D eigenvalue weighted by Gasteiger charge is 2.08. The molecule has 24 heavy (non-hydrogen) atoms. The fourth-order valence-electron chi connectivity index (χ4n) is 2.12. The molecule has 0 fully saturated rings. The molecule has 0 aliphatic heterocycles. The number of halogens is 1. The van der Waals surface area contributed by atoms with E-state index < -0.39 is 0 Å². The number of hydrogen-bond acceptors (Lipinski definition) is 6. The minimum absolute atomic E-state index is 0.303. The Morgan fingerprint density at radius 1 is 1.12 bits per heavy atom. The van der Waals surface area contributed by atoms with Crippen molar-refractivity contribution in [3.63, 3.8) is 0 Å². The lowest BCUT2D eigenvalue weighted by Crippen LogP contribution is -2.05. The van der Waals surface area contributed by atoms with Gasteiger partial charge in [0.25, 0.3) is 0 Å². The summed E-state index contributed by atoms with van der Waals surface area (Å²) in [5, 5.41) is 15.8. The van der Waals surface area contributed by atoms with E-state index in [9.17, 15) is 4.39 Å². The molecule has 6 nitrogen and oxygen atoms in total. The summed E-state index contributed by atoms with van der Waals surface area (Å²) in [6.45, 7) is 0.663. The van der Waals surface area contributed by atoms with E-state index in [4.69, 9.17) is 9.78 Å². The number of benzene rings is 1. The molecule has 0 saturated carbocycles. The van der Waals surface area contributed by atoms with E-state index in [0.29, 0.717) is 41.8 Å². The van der Waals surface area contributed by atoms with Crippen LogP contribution in [0.2, 0.25) is 0 Å². The Balaban J connectivity index is 1.50. The first-order valence-electron chi connectivity index (χ1n) is 7.44. The lowest BCUT2D eigenvalue weighted by molar-refractivity contribution is 0.377. The van der Waals surface area contributed by atoms with Gasteiger partial charge in [-0.2, -0.15) is 10.2 Å². The predicted molar refractivity (Wildman–Crippen MR) is 85.5 cm³/mol. The molecule has 2 aromatic heterocycles. The molecule has 1 N–H and O–H groups in total. The molecule has 3 rings (SSSR count). The second kappa shape index (κ2) is 7.33. The van der Waals surface area contributed by atoms with Crippen LogP contribution in [0.5, 0.6) is 0 Å². The van der Waals surface area contributed by atoms with E-state index in [2.05, 4.69) is 20.4 Å². The lowest BCUT2D eigenvalue weighted by Gasteiger charge is -2.03. The SMILES string of the molecule is N#Cc1cccc(NCCCc2nc(-c3ccc(F)cc3)no2)n1. The normalized spacial score (nSPS) is 10.3. The highest BCUT2D eigenvalue weighted by molar-refractivity contribution is 5.53. The standard InChI is InChI=1S/C17H14FN5O/c18-13-8-6-12(7-9-13)17-22-16(24-23-17)5-2-10-20-15-4-1-3-14(11-19)21-15/h1,3-4,6-9H,2,5,10H2,(H,20,21). The Kier molecular flexibility index (Phi) is 4.77. The van der Waals surface area contributed by atoms with E-state index in [1.165, 1.54) is 12.1 Å². The summed E-state index contributed by atoms with van der Waals surface area (Å²) >= 11 is 0. The van der Waals surface area contributed by atoms with Crippen LogP contribution in [0.1, 0.15) is 18.0 Å². The van der Waals surface area contributed by atoms with Gasteiger partial charge < -0.3 is 9.84 Å². The van der Waals surface area contributed by atoms with Gasteiger partial charge in [-0.1, -0.05) is 11.2 Å². The monoisotopic (exact) mass is 323 g/mol. The summed E-state index contributed by atoms with van der Waals surface area (Å²) in [7, 11) is 0. The van der Waals surface area contributed by atoms with Crippen LogP contribution in [0.15, 0.2) is 47.0 Å². The zero-order valence-electron chi connectivity index (χ0n) is 12.7. The topological polar surface area (TPSA) is 87.6 Å². The first-order valence-corrected chi connectivity index (χ1v) is 7.44. The van der Waals surface area contributed by atoms with Gasteiger partial charge in [0, 0.05) is 18.5 Å². The number of rotatable bonds is 6. The molecule has 0 amide bonds. The van der Waals surface area contributed by atoms with Gasteiger partial charge in [-0.25, -0.2) is 9.37 Å². The van der Waals surface area contributed by atoms with Gasteiger partial charge in [-0.15, -0.1) is 0 Å². The van der Waals surface area contributed by atoms with Gasteiger partial charge in [0.15, 0.2) is 0 Å². The highest BCUT2D eigenvalue weighted by Crippen LogP contribution is 2.16. The maximum Gasteiger partial charge on any atom is 0.227 e. The van der Waals surface area contributed by atoms with Crippen molar-refractivity contribution in [3.8, 4) is 17.5 Å². The number of hydrogen-bond donors (Lipinski definition) is 1. The Morgan fingerprint density at radius 2 is 1.96 bits per heavy atom.